The molecule has 1 aromatic carbocycles. The second kappa shape index (κ2) is 6.84. The number of aryl methyl sites for hydroxylation is 3. The molecule has 1 unspecified atom stereocenters. The molecule has 3 aromatic rings. The first-order chi connectivity index (χ1) is 11.9. The van der Waals surface area contributed by atoms with Crippen LogP contribution in [0.1, 0.15) is 40.8 Å². The van der Waals surface area contributed by atoms with Crippen LogP contribution in [0, 0.1) is 20.8 Å². The van der Waals surface area contributed by atoms with Crippen LogP contribution in [0.15, 0.2) is 29.8 Å². The van der Waals surface area contributed by atoms with Crippen LogP contribution in [0.4, 0.5) is 0 Å². The molecule has 0 amide bonds. The molecule has 0 aliphatic rings. The number of nitrogens with zero attached hydrogens (tertiary/aromatic N) is 1. The van der Waals surface area contributed by atoms with Gasteiger partial charge in [0.2, 0.25) is 0 Å². The number of pyridine rings is 1. The van der Waals surface area contributed by atoms with Gasteiger partial charge in [-0.3, -0.25) is 9.78 Å². The Labute approximate surface area is 151 Å². The lowest BCUT2D eigenvalue weighted by Crippen LogP contribution is -2.06. The van der Waals surface area contributed by atoms with E-state index in [9.17, 15) is 9.90 Å². The Kier molecular flexibility index (Phi) is 4.77. The van der Waals surface area contributed by atoms with Crippen molar-refractivity contribution >= 4 is 27.4 Å². The van der Waals surface area contributed by atoms with Crippen LogP contribution in [0.3, 0.4) is 0 Å². The maximum Gasteiger partial charge on any atom is 0.310 e. The van der Waals surface area contributed by atoms with E-state index in [1.54, 1.807) is 18.3 Å². The number of hydrogen-bond donors (Lipinski definition) is 1. The van der Waals surface area contributed by atoms with E-state index in [0.717, 1.165) is 38.2 Å². The summed E-state index contributed by atoms with van der Waals surface area (Å²) in [5, 5.41) is 12.3. The first-order valence-corrected chi connectivity index (χ1v) is 9.04. The Hall–Kier alpha value is -2.40. The number of thiophene rings is 1. The third-order valence-corrected chi connectivity index (χ3v) is 5.41. The summed E-state index contributed by atoms with van der Waals surface area (Å²) in [4.78, 5) is 15.6. The Bertz CT molecular complexity index is 946. The fourth-order valence-corrected chi connectivity index (χ4v) is 4.10. The van der Waals surface area contributed by atoms with Gasteiger partial charge < -0.3 is 9.84 Å². The molecule has 0 bridgehead atoms. The molecular weight excluding hydrogens is 334 g/mol. The zero-order valence-electron chi connectivity index (χ0n) is 14.8. The van der Waals surface area contributed by atoms with Gasteiger partial charge in [0.1, 0.15) is 12.4 Å². The molecule has 25 heavy (non-hydrogen) atoms. The number of aromatic nitrogens is 1. The van der Waals surface area contributed by atoms with Gasteiger partial charge in [-0.15, -0.1) is 11.3 Å². The lowest BCUT2D eigenvalue weighted by atomic mass is 9.98. The number of hydrogen-bond acceptors (Lipinski definition) is 4. The Morgan fingerprint density at radius 1 is 1.24 bits per heavy atom. The van der Waals surface area contributed by atoms with Gasteiger partial charge in [0.25, 0.3) is 0 Å². The van der Waals surface area contributed by atoms with Crippen LogP contribution in [0.5, 0.6) is 5.75 Å². The molecule has 0 aliphatic heterocycles. The minimum absolute atomic E-state index is 0.466. The number of fused-ring (bicyclic) bond motifs is 1. The molecule has 2 heterocycles. The molecule has 2 aromatic heterocycles. The average molecular weight is 355 g/mol. The van der Waals surface area contributed by atoms with Crippen molar-refractivity contribution in [1.29, 1.82) is 0 Å². The molecule has 0 saturated carbocycles. The topological polar surface area (TPSA) is 59.4 Å². The van der Waals surface area contributed by atoms with Gasteiger partial charge in [-0.2, -0.15) is 0 Å². The number of aliphatic carboxylic acids is 1. The second-order valence-corrected chi connectivity index (χ2v) is 7.32. The van der Waals surface area contributed by atoms with Crippen molar-refractivity contribution < 1.29 is 14.6 Å². The van der Waals surface area contributed by atoms with Crippen LogP contribution in [0.25, 0.3) is 10.1 Å². The molecule has 5 heteroatoms. The largest absolute Gasteiger partial charge is 0.489 e. The van der Waals surface area contributed by atoms with Gasteiger partial charge in [-0.05, 0) is 73.4 Å². The summed E-state index contributed by atoms with van der Waals surface area (Å²) < 4.78 is 7.02. The van der Waals surface area contributed by atoms with E-state index in [1.165, 1.54) is 5.56 Å². The molecule has 0 spiro atoms. The maximum absolute atomic E-state index is 11.3. The van der Waals surface area contributed by atoms with Crippen LogP contribution in [0.2, 0.25) is 0 Å². The van der Waals surface area contributed by atoms with Gasteiger partial charge >= 0.3 is 5.97 Å². The SMILES string of the molecule is Cc1cc(C)c(COc2cc(C)c3c(C(C)C(=O)O)csc3c2)cn1. The molecule has 0 aliphatic carbocycles. The highest BCUT2D eigenvalue weighted by atomic mass is 32.1. The van der Waals surface area contributed by atoms with Crippen molar-refractivity contribution in [3.05, 3.63) is 57.7 Å². The fourth-order valence-electron chi connectivity index (χ4n) is 2.94. The van der Waals surface area contributed by atoms with Crippen LogP contribution < -0.4 is 4.74 Å². The quantitative estimate of drug-likeness (QED) is 0.700. The number of rotatable bonds is 5. The maximum atomic E-state index is 11.3. The van der Waals surface area contributed by atoms with E-state index in [-0.39, 0.29) is 0 Å². The van der Waals surface area contributed by atoms with E-state index >= 15 is 0 Å². The molecule has 4 nitrogen and oxygen atoms in total. The average Bonchev–Trinajstić information content (AvgIpc) is 2.97. The smallest absolute Gasteiger partial charge is 0.310 e. The highest BCUT2D eigenvalue weighted by Crippen LogP contribution is 2.36. The summed E-state index contributed by atoms with van der Waals surface area (Å²) in [6, 6.07) is 6.01. The molecule has 1 N–H and O–H groups in total. The van der Waals surface area contributed by atoms with Gasteiger partial charge in [0.05, 0.1) is 5.92 Å². The molecule has 0 radical (unpaired) electrons. The summed E-state index contributed by atoms with van der Waals surface area (Å²) in [6.07, 6.45) is 1.86. The van der Waals surface area contributed by atoms with Crippen molar-refractivity contribution in [3.63, 3.8) is 0 Å². The Morgan fingerprint density at radius 3 is 2.68 bits per heavy atom. The summed E-state index contributed by atoms with van der Waals surface area (Å²) in [7, 11) is 0. The highest BCUT2D eigenvalue weighted by Gasteiger charge is 2.19. The summed E-state index contributed by atoms with van der Waals surface area (Å²) >= 11 is 1.56. The van der Waals surface area contributed by atoms with Crippen molar-refractivity contribution in [2.24, 2.45) is 0 Å². The van der Waals surface area contributed by atoms with Crippen LogP contribution in [-0.4, -0.2) is 16.1 Å². The van der Waals surface area contributed by atoms with E-state index in [4.69, 9.17) is 4.74 Å². The number of carbonyl (C=O) groups is 1. The summed E-state index contributed by atoms with van der Waals surface area (Å²) in [6.45, 7) is 8.22. The van der Waals surface area contributed by atoms with E-state index < -0.39 is 11.9 Å². The number of benzene rings is 1. The van der Waals surface area contributed by atoms with Crippen LogP contribution >= 0.6 is 11.3 Å². The lowest BCUT2D eigenvalue weighted by molar-refractivity contribution is -0.138. The first kappa shape index (κ1) is 17.4. The Morgan fingerprint density at radius 2 is 2.00 bits per heavy atom. The fraction of sp³-hybridized carbons (Fsp3) is 0.300. The monoisotopic (exact) mass is 355 g/mol. The molecule has 1 atom stereocenters. The zero-order valence-corrected chi connectivity index (χ0v) is 15.6. The zero-order chi connectivity index (χ0) is 18.1. The van der Waals surface area contributed by atoms with E-state index in [0.29, 0.717) is 6.61 Å². The predicted octanol–water partition coefficient (Wildman–Crippen LogP) is 4.99. The molecule has 0 saturated heterocycles. The number of carboxylic acid groups (broad SMARTS) is 1. The molecule has 3 rings (SSSR count). The first-order valence-electron chi connectivity index (χ1n) is 8.16. The minimum Gasteiger partial charge on any atom is -0.489 e. The summed E-state index contributed by atoms with van der Waals surface area (Å²) in [5.74, 6) is -0.524. The van der Waals surface area contributed by atoms with Crippen molar-refractivity contribution in [2.75, 3.05) is 0 Å². The highest BCUT2D eigenvalue weighted by molar-refractivity contribution is 7.17. The van der Waals surface area contributed by atoms with E-state index in [2.05, 4.69) is 11.9 Å². The number of carboxylic acids is 1. The normalized spacial score (nSPS) is 12.3. The number of ether oxygens (including phenoxy) is 1. The van der Waals surface area contributed by atoms with Crippen molar-refractivity contribution in [3.8, 4) is 5.75 Å². The van der Waals surface area contributed by atoms with Gasteiger partial charge in [0.15, 0.2) is 0 Å². The van der Waals surface area contributed by atoms with Gasteiger partial charge in [-0.25, -0.2) is 0 Å². The third-order valence-electron chi connectivity index (χ3n) is 4.46. The minimum atomic E-state index is -0.804. The third kappa shape index (κ3) is 3.51. The molecular formula is C20H21NO3S. The standard InChI is InChI=1S/C20H21NO3S/c1-11-5-13(3)21-8-15(11)9-24-16-6-12(2)19-17(14(4)20(22)23)10-25-18(19)7-16/h5-8,10,14H,9H2,1-4H3,(H,22,23). The van der Waals surface area contributed by atoms with Gasteiger partial charge in [0, 0.05) is 22.2 Å². The van der Waals surface area contributed by atoms with Gasteiger partial charge in [-0.1, -0.05) is 0 Å². The van der Waals surface area contributed by atoms with E-state index in [1.807, 2.05) is 43.6 Å². The second-order valence-electron chi connectivity index (χ2n) is 6.41. The molecule has 130 valence electrons. The lowest BCUT2D eigenvalue weighted by Gasteiger charge is -2.11. The van der Waals surface area contributed by atoms with Crippen molar-refractivity contribution in [2.45, 2.75) is 40.2 Å². The Balaban J connectivity index is 1.87. The van der Waals surface area contributed by atoms with Crippen LogP contribution in [-0.2, 0) is 11.4 Å². The predicted molar refractivity (Wildman–Crippen MR) is 101 cm³/mol. The molecule has 0 fully saturated rings. The van der Waals surface area contributed by atoms with Crippen molar-refractivity contribution in [1.82, 2.24) is 4.98 Å². The summed E-state index contributed by atoms with van der Waals surface area (Å²) in [5.41, 5.74) is 5.14.